The van der Waals surface area contributed by atoms with Crippen LogP contribution in [-0.2, 0) is 19.6 Å². The maximum Gasteiger partial charge on any atom is 0.327 e. The molecule has 0 bridgehead atoms. The van der Waals surface area contributed by atoms with E-state index in [0.717, 1.165) is 11.1 Å². The second kappa shape index (κ2) is 8.27. The fourth-order valence-electron chi connectivity index (χ4n) is 4.02. The van der Waals surface area contributed by atoms with E-state index < -0.39 is 40.8 Å². The summed E-state index contributed by atoms with van der Waals surface area (Å²) in [6.45, 7) is -1.42. The van der Waals surface area contributed by atoms with Crippen LogP contribution < -0.4 is 0 Å². The predicted octanol–water partition coefficient (Wildman–Crippen LogP) is 3.41. The minimum absolute atomic E-state index is 0.00216. The molecule has 0 saturated carbocycles. The van der Waals surface area contributed by atoms with E-state index in [4.69, 9.17) is 4.74 Å². The van der Waals surface area contributed by atoms with E-state index in [1.165, 1.54) is 24.3 Å². The highest BCUT2D eigenvalue weighted by Crippen LogP contribution is 2.31. The summed E-state index contributed by atoms with van der Waals surface area (Å²) < 4.78 is 30.8. The van der Waals surface area contributed by atoms with Gasteiger partial charge in [-0.25, -0.2) is 12.7 Å². The molecule has 0 fully saturated rings. The van der Waals surface area contributed by atoms with Gasteiger partial charge in [0.05, 0.1) is 16.8 Å². The van der Waals surface area contributed by atoms with Gasteiger partial charge in [-0.2, -0.15) is 0 Å². The molecule has 1 amide bonds. The lowest BCUT2D eigenvalue weighted by Crippen LogP contribution is -2.36. The van der Waals surface area contributed by atoms with Crippen LogP contribution in [0.1, 0.15) is 20.7 Å². The molecule has 0 atom stereocenters. The lowest BCUT2D eigenvalue weighted by molar-refractivity contribution is -0.142. The number of fused-ring (bicyclic) bond motifs is 2. The van der Waals surface area contributed by atoms with E-state index in [2.05, 4.69) is 4.98 Å². The van der Waals surface area contributed by atoms with Crippen molar-refractivity contribution in [1.82, 2.24) is 9.29 Å². The van der Waals surface area contributed by atoms with Gasteiger partial charge in [0.15, 0.2) is 6.61 Å². The molecule has 0 aliphatic carbocycles. The highest BCUT2D eigenvalue weighted by atomic mass is 32.2. The van der Waals surface area contributed by atoms with Crippen LogP contribution in [0.15, 0.2) is 83.8 Å². The number of ether oxygens (including phenoxy) is 1. The molecule has 4 aromatic rings. The minimum Gasteiger partial charge on any atom is -0.456 e. The Morgan fingerprint density at radius 3 is 2.32 bits per heavy atom. The number of amides is 1. The van der Waals surface area contributed by atoms with E-state index in [-0.39, 0.29) is 10.5 Å². The highest BCUT2D eigenvalue weighted by Gasteiger charge is 2.42. The monoisotopic (exact) mass is 474 g/mol. The average molecular weight is 474 g/mol. The molecule has 0 radical (unpaired) electrons. The minimum atomic E-state index is -4.15. The fourth-order valence-corrected chi connectivity index (χ4v) is 5.53. The summed E-state index contributed by atoms with van der Waals surface area (Å²) in [4.78, 5) is 41.1. The summed E-state index contributed by atoms with van der Waals surface area (Å²) in [5.74, 6) is -2.26. The number of esters is 1. The summed E-state index contributed by atoms with van der Waals surface area (Å²) in [7, 11) is -4.15. The SMILES string of the molecule is O=C(CN1C(=O)c2ccccc2S1(=O)=O)OCC(=O)c1c(-c2ccccc2)[nH]c2ccccc12. The van der Waals surface area contributed by atoms with Gasteiger partial charge in [0.2, 0.25) is 5.78 Å². The maximum absolute atomic E-state index is 13.1. The topological polar surface area (TPSA) is 114 Å². The smallest absolute Gasteiger partial charge is 0.327 e. The third-order valence-electron chi connectivity index (χ3n) is 5.60. The molecular formula is C25H18N2O6S. The van der Waals surface area contributed by atoms with Gasteiger partial charge in [0.25, 0.3) is 15.9 Å². The molecule has 3 aromatic carbocycles. The number of aromatic nitrogens is 1. The third kappa shape index (κ3) is 3.56. The normalized spacial score (nSPS) is 14.2. The van der Waals surface area contributed by atoms with Crippen molar-refractivity contribution in [3.05, 3.63) is 90.0 Å². The van der Waals surface area contributed by atoms with E-state index in [9.17, 15) is 22.8 Å². The van der Waals surface area contributed by atoms with E-state index in [1.807, 2.05) is 42.5 Å². The summed E-state index contributed by atoms with van der Waals surface area (Å²) in [5.41, 5.74) is 2.50. The molecule has 5 rings (SSSR count). The molecule has 2 heterocycles. The van der Waals surface area contributed by atoms with Gasteiger partial charge in [-0.3, -0.25) is 14.4 Å². The number of rotatable bonds is 6. The Labute approximate surface area is 194 Å². The van der Waals surface area contributed by atoms with Crippen LogP contribution >= 0.6 is 0 Å². The molecule has 0 unspecified atom stereocenters. The first-order chi connectivity index (χ1) is 16.4. The van der Waals surface area contributed by atoms with Gasteiger partial charge in [-0.1, -0.05) is 60.7 Å². The van der Waals surface area contributed by atoms with Crippen molar-refractivity contribution in [1.29, 1.82) is 0 Å². The number of H-pyrrole nitrogens is 1. The Balaban J connectivity index is 1.36. The summed E-state index contributed by atoms with van der Waals surface area (Å²) in [6, 6.07) is 22.3. The molecule has 1 aliphatic heterocycles. The van der Waals surface area contributed by atoms with Crippen LogP contribution in [0, 0.1) is 0 Å². The number of Topliss-reactive ketones (excluding diaryl/α,β-unsaturated/α-hetero) is 1. The zero-order valence-electron chi connectivity index (χ0n) is 17.7. The largest absolute Gasteiger partial charge is 0.456 e. The van der Waals surface area contributed by atoms with Crippen molar-refractivity contribution in [2.75, 3.05) is 13.2 Å². The molecule has 1 N–H and O–H groups in total. The number of hydrogen-bond acceptors (Lipinski definition) is 6. The van der Waals surface area contributed by atoms with Crippen LogP contribution in [0.3, 0.4) is 0 Å². The summed E-state index contributed by atoms with van der Waals surface area (Å²) in [6.07, 6.45) is 0. The zero-order valence-corrected chi connectivity index (χ0v) is 18.5. The van der Waals surface area contributed by atoms with Gasteiger partial charge in [0.1, 0.15) is 11.4 Å². The number of ketones is 1. The molecular weight excluding hydrogens is 456 g/mol. The maximum atomic E-state index is 13.1. The Kier molecular flexibility index (Phi) is 5.25. The van der Waals surface area contributed by atoms with Gasteiger partial charge >= 0.3 is 5.97 Å². The van der Waals surface area contributed by atoms with Crippen molar-refractivity contribution < 1.29 is 27.5 Å². The molecule has 34 heavy (non-hydrogen) atoms. The number of hydrogen-bond donors (Lipinski definition) is 1. The van der Waals surface area contributed by atoms with Crippen LogP contribution in [0.2, 0.25) is 0 Å². The van der Waals surface area contributed by atoms with Crippen molar-refractivity contribution in [2.45, 2.75) is 4.90 Å². The molecule has 1 aliphatic rings. The van der Waals surface area contributed by atoms with Crippen molar-refractivity contribution in [2.24, 2.45) is 0 Å². The number of nitrogens with one attached hydrogen (secondary N) is 1. The van der Waals surface area contributed by atoms with Gasteiger partial charge < -0.3 is 9.72 Å². The summed E-state index contributed by atoms with van der Waals surface area (Å²) in [5, 5.41) is 0.676. The van der Waals surface area contributed by atoms with Crippen LogP contribution in [-0.4, -0.2) is 48.5 Å². The molecule has 170 valence electrons. The van der Waals surface area contributed by atoms with Gasteiger partial charge in [0, 0.05) is 10.9 Å². The molecule has 9 heteroatoms. The lowest BCUT2D eigenvalue weighted by atomic mass is 10.0. The zero-order chi connectivity index (χ0) is 23.9. The Bertz CT molecular complexity index is 1560. The fraction of sp³-hybridized carbons (Fsp3) is 0.0800. The number of aromatic amines is 1. The number of carbonyl (C=O) groups excluding carboxylic acids is 3. The van der Waals surface area contributed by atoms with Crippen LogP contribution in [0.5, 0.6) is 0 Å². The predicted molar refractivity (Wildman–Crippen MR) is 124 cm³/mol. The number of sulfonamides is 1. The number of benzene rings is 3. The van der Waals surface area contributed by atoms with Gasteiger partial charge in [-0.15, -0.1) is 0 Å². The van der Waals surface area contributed by atoms with Crippen LogP contribution in [0.4, 0.5) is 0 Å². The average Bonchev–Trinajstić information content (AvgIpc) is 3.33. The molecule has 0 spiro atoms. The first-order valence-corrected chi connectivity index (χ1v) is 11.8. The quantitative estimate of drug-likeness (QED) is 0.338. The Morgan fingerprint density at radius 2 is 1.56 bits per heavy atom. The third-order valence-corrected chi connectivity index (χ3v) is 7.38. The first-order valence-electron chi connectivity index (χ1n) is 10.4. The Morgan fingerprint density at radius 1 is 0.882 bits per heavy atom. The Hall–Kier alpha value is -4.24. The second-order valence-corrected chi connectivity index (χ2v) is 9.51. The number of carbonyl (C=O) groups is 3. The highest BCUT2D eigenvalue weighted by molar-refractivity contribution is 7.90. The standard InChI is InChI=1S/C25H18N2O6S/c28-20(23-17-10-4-6-12-19(17)26-24(23)16-8-2-1-3-9-16)15-33-22(29)14-27-25(30)18-11-5-7-13-21(18)34(27,31)32/h1-13,26H,14-15H2. The number of nitrogens with zero attached hydrogens (tertiary/aromatic N) is 1. The molecule has 1 aromatic heterocycles. The number of para-hydroxylation sites is 1. The van der Waals surface area contributed by atoms with Crippen molar-refractivity contribution >= 4 is 38.6 Å². The van der Waals surface area contributed by atoms with Crippen molar-refractivity contribution in [3.8, 4) is 11.3 Å². The van der Waals surface area contributed by atoms with E-state index in [0.29, 0.717) is 20.9 Å². The first kappa shape index (κ1) is 21.6. The lowest BCUT2D eigenvalue weighted by Gasteiger charge is -2.14. The molecule has 0 saturated heterocycles. The van der Waals surface area contributed by atoms with E-state index in [1.54, 1.807) is 12.1 Å². The van der Waals surface area contributed by atoms with Gasteiger partial charge in [-0.05, 0) is 23.8 Å². The van der Waals surface area contributed by atoms with Crippen LogP contribution in [0.25, 0.3) is 22.2 Å². The van der Waals surface area contributed by atoms with Crippen molar-refractivity contribution in [3.63, 3.8) is 0 Å². The summed E-state index contributed by atoms with van der Waals surface area (Å²) >= 11 is 0. The second-order valence-electron chi connectivity index (χ2n) is 7.68. The molecule has 8 nitrogen and oxygen atoms in total. The van der Waals surface area contributed by atoms with E-state index >= 15 is 0 Å².